The molecular weight excluding hydrogens is 535 g/mol. The third kappa shape index (κ3) is 5.52. The highest BCUT2D eigenvalue weighted by Gasteiger charge is 2.28. The Hall–Kier alpha value is -3.10. The molecule has 1 amide bonds. The van der Waals surface area contributed by atoms with Crippen molar-refractivity contribution in [2.45, 2.75) is 38.7 Å². The molecule has 2 aromatic heterocycles. The summed E-state index contributed by atoms with van der Waals surface area (Å²) in [5.41, 5.74) is 1.75. The van der Waals surface area contributed by atoms with Gasteiger partial charge in [0.25, 0.3) is 5.91 Å². The van der Waals surface area contributed by atoms with Crippen LogP contribution in [0.2, 0.25) is 0 Å². The number of ether oxygens (including phenoxy) is 1. The van der Waals surface area contributed by atoms with E-state index in [1.54, 1.807) is 6.92 Å². The Morgan fingerprint density at radius 3 is 2.76 bits per heavy atom. The Kier molecular flexibility index (Phi) is 7.13. The Morgan fingerprint density at radius 1 is 1.26 bits per heavy atom. The maximum absolute atomic E-state index is 14.2. The van der Waals surface area contributed by atoms with Gasteiger partial charge in [-0.05, 0) is 50.3 Å². The molecular formula is C24H29FN6O5S2. The number of piperidine rings is 1. The number of sulfonamides is 1. The molecule has 0 spiro atoms. The SMILES string of the molecule is Cc1c(C(=O)N=S2(=O)CCCC2)cn2ncnc(Nc3ccc(F)cc3O[C@@H]3CCCN(S(C)(=O)=O)C3)c12. The number of nitrogens with zero attached hydrogens (tertiary/aromatic N) is 5. The lowest BCUT2D eigenvalue weighted by Gasteiger charge is -2.31. The van der Waals surface area contributed by atoms with E-state index in [-0.39, 0.29) is 17.9 Å². The van der Waals surface area contributed by atoms with Gasteiger partial charge in [-0.3, -0.25) is 4.79 Å². The minimum atomic E-state index is -3.37. The van der Waals surface area contributed by atoms with Gasteiger partial charge >= 0.3 is 0 Å². The van der Waals surface area contributed by atoms with Crippen molar-refractivity contribution in [3.05, 3.63) is 47.7 Å². The lowest BCUT2D eigenvalue weighted by atomic mass is 10.1. The molecule has 2 aliphatic heterocycles. The molecule has 2 fully saturated rings. The number of rotatable bonds is 6. The van der Waals surface area contributed by atoms with E-state index in [2.05, 4.69) is 19.8 Å². The molecule has 4 heterocycles. The molecule has 0 saturated carbocycles. The van der Waals surface area contributed by atoms with Crippen molar-refractivity contribution in [2.75, 3.05) is 36.2 Å². The maximum Gasteiger partial charge on any atom is 0.287 e. The molecule has 14 heteroatoms. The molecule has 3 aromatic rings. The summed E-state index contributed by atoms with van der Waals surface area (Å²) < 4.78 is 64.0. The van der Waals surface area contributed by atoms with Gasteiger partial charge in [0.15, 0.2) is 5.82 Å². The largest absolute Gasteiger partial charge is 0.487 e. The highest BCUT2D eigenvalue weighted by molar-refractivity contribution is 7.94. The van der Waals surface area contributed by atoms with Crippen LogP contribution in [0, 0.1) is 12.7 Å². The summed E-state index contributed by atoms with van der Waals surface area (Å²) in [6.45, 7) is 2.32. The number of hydrogen-bond acceptors (Lipinski definition) is 8. The summed E-state index contributed by atoms with van der Waals surface area (Å²) >= 11 is 0. The second kappa shape index (κ2) is 10.2. The van der Waals surface area contributed by atoms with E-state index in [1.807, 2.05) is 0 Å². The quantitative estimate of drug-likeness (QED) is 0.483. The number of amides is 1. The van der Waals surface area contributed by atoms with E-state index < -0.39 is 37.6 Å². The highest BCUT2D eigenvalue weighted by atomic mass is 32.2. The van der Waals surface area contributed by atoms with Gasteiger partial charge < -0.3 is 10.1 Å². The smallest absolute Gasteiger partial charge is 0.287 e. The summed E-state index contributed by atoms with van der Waals surface area (Å²) in [4.78, 5) is 17.3. The highest BCUT2D eigenvalue weighted by Crippen LogP contribution is 2.33. The van der Waals surface area contributed by atoms with Gasteiger partial charge in [-0.1, -0.05) is 0 Å². The van der Waals surface area contributed by atoms with Gasteiger partial charge in [-0.15, -0.1) is 0 Å². The Bertz CT molecular complexity index is 1620. The number of halogens is 1. The number of anilines is 2. The van der Waals surface area contributed by atoms with Crippen molar-refractivity contribution < 1.29 is 26.5 Å². The Balaban J connectivity index is 1.45. The molecule has 0 bridgehead atoms. The molecule has 2 aliphatic rings. The van der Waals surface area contributed by atoms with Crippen molar-refractivity contribution in [1.29, 1.82) is 0 Å². The number of benzene rings is 1. The average Bonchev–Trinajstić information content (AvgIpc) is 3.44. The number of nitrogens with one attached hydrogen (secondary N) is 1. The Morgan fingerprint density at radius 2 is 2.03 bits per heavy atom. The van der Waals surface area contributed by atoms with Gasteiger partial charge in [-0.2, -0.15) is 13.8 Å². The molecule has 0 aliphatic carbocycles. The molecule has 204 valence electrons. The molecule has 0 radical (unpaired) electrons. The van der Waals surface area contributed by atoms with Gasteiger partial charge in [0, 0.05) is 30.3 Å². The van der Waals surface area contributed by atoms with E-state index in [1.165, 1.54) is 39.5 Å². The number of fused-ring (bicyclic) bond motifs is 1. The second-order valence-electron chi connectivity index (χ2n) is 9.62. The van der Waals surface area contributed by atoms with Crippen LogP contribution in [0.5, 0.6) is 5.75 Å². The molecule has 1 aromatic carbocycles. The topological polar surface area (TPSA) is 135 Å². The van der Waals surface area contributed by atoms with Crippen molar-refractivity contribution in [2.24, 2.45) is 4.36 Å². The first-order chi connectivity index (χ1) is 18.0. The fraction of sp³-hybridized carbons (Fsp3) is 0.458. The van der Waals surface area contributed by atoms with E-state index in [4.69, 9.17) is 4.74 Å². The first-order valence-electron chi connectivity index (χ1n) is 12.3. The van der Waals surface area contributed by atoms with Crippen LogP contribution in [0.15, 0.2) is 35.1 Å². The van der Waals surface area contributed by atoms with Crippen molar-refractivity contribution in [3.63, 3.8) is 0 Å². The van der Waals surface area contributed by atoms with E-state index in [0.717, 1.165) is 19.1 Å². The molecule has 1 N–H and O–H groups in total. The van der Waals surface area contributed by atoms with Gasteiger partial charge in [-0.25, -0.2) is 26.5 Å². The van der Waals surface area contributed by atoms with Crippen molar-refractivity contribution in [1.82, 2.24) is 18.9 Å². The molecule has 5 rings (SSSR count). The van der Waals surface area contributed by atoms with E-state index >= 15 is 0 Å². The molecule has 1 atom stereocenters. The minimum absolute atomic E-state index is 0.169. The zero-order chi connectivity index (χ0) is 27.1. The summed E-state index contributed by atoms with van der Waals surface area (Å²) in [5.74, 6) is 0.338. The first kappa shape index (κ1) is 26.5. The molecule has 38 heavy (non-hydrogen) atoms. The summed E-state index contributed by atoms with van der Waals surface area (Å²) in [6.07, 6.45) is 6.38. The number of hydrogen-bond donors (Lipinski definition) is 1. The monoisotopic (exact) mass is 564 g/mol. The van der Waals surface area contributed by atoms with Crippen LogP contribution in [0.1, 0.15) is 41.6 Å². The molecule has 2 saturated heterocycles. The fourth-order valence-electron chi connectivity index (χ4n) is 4.82. The second-order valence-corrected chi connectivity index (χ2v) is 14.1. The van der Waals surface area contributed by atoms with Crippen LogP contribution in [0.3, 0.4) is 0 Å². The third-order valence-electron chi connectivity index (χ3n) is 6.78. The normalized spacial score (nSPS) is 19.9. The predicted octanol–water partition coefficient (Wildman–Crippen LogP) is 3.13. The summed E-state index contributed by atoms with van der Waals surface area (Å²) in [5, 5.41) is 7.36. The number of aryl methyl sites for hydroxylation is 1. The van der Waals surface area contributed by atoms with Crippen LogP contribution < -0.4 is 10.1 Å². The van der Waals surface area contributed by atoms with Crippen LogP contribution in [-0.4, -0.2) is 74.4 Å². The number of aromatic nitrogens is 3. The molecule has 0 unspecified atom stereocenters. The zero-order valence-electron chi connectivity index (χ0n) is 21.1. The maximum atomic E-state index is 14.2. The number of carbonyl (C=O) groups is 1. The average molecular weight is 565 g/mol. The van der Waals surface area contributed by atoms with Crippen LogP contribution in [0.4, 0.5) is 15.9 Å². The van der Waals surface area contributed by atoms with Crippen molar-refractivity contribution >= 4 is 42.7 Å². The van der Waals surface area contributed by atoms with Crippen molar-refractivity contribution in [3.8, 4) is 5.75 Å². The van der Waals surface area contributed by atoms with Crippen LogP contribution in [-0.2, 0) is 19.8 Å². The Labute approximate surface area is 220 Å². The van der Waals surface area contributed by atoms with Crippen LogP contribution >= 0.6 is 0 Å². The predicted molar refractivity (Wildman–Crippen MR) is 141 cm³/mol. The fourth-order valence-corrected chi connectivity index (χ4v) is 7.82. The van der Waals surface area contributed by atoms with Crippen LogP contribution in [0.25, 0.3) is 5.52 Å². The van der Waals surface area contributed by atoms with E-state index in [0.29, 0.717) is 53.5 Å². The van der Waals surface area contributed by atoms with Gasteiger partial charge in [0.2, 0.25) is 10.0 Å². The molecule has 11 nitrogen and oxygen atoms in total. The lowest BCUT2D eigenvalue weighted by Crippen LogP contribution is -2.43. The van der Waals surface area contributed by atoms with E-state index in [9.17, 15) is 21.8 Å². The minimum Gasteiger partial charge on any atom is -0.487 e. The van der Waals surface area contributed by atoms with Gasteiger partial charge in [0.05, 0.1) is 33.8 Å². The lowest BCUT2D eigenvalue weighted by molar-refractivity contribution is 0.100. The third-order valence-corrected chi connectivity index (χ3v) is 10.4. The summed E-state index contributed by atoms with van der Waals surface area (Å²) in [6, 6.07) is 4.01. The van der Waals surface area contributed by atoms with Gasteiger partial charge in [0.1, 0.15) is 29.5 Å². The summed E-state index contributed by atoms with van der Waals surface area (Å²) in [7, 11) is -5.90. The number of carbonyl (C=O) groups excluding carboxylic acids is 1. The standard InChI is InChI=1S/C24H29FN6O5S2/c1-16-19(24(32)29-38(35)10-3-4-11-38)14-31-22(16)23(26-15-27-31)28-20-8-7-17(25)12-21(20)36-18-6-5-9-30(13-18)37(2,33)34/h7-8,12,14-15,18H,3-6,9-11,13H2,1-2H3,(H,26,27,28)/t18-/m1/s1. The zero-order valence-corrected chi connectivity index (χ0v) is 22.7. The first-order valence-corrected chi connectivity index (χ1v) is 16.0.